The smallest absolute Gasteiger partial charge is 0.211 e. The van der Waals surface area contributed by atoms with E-state index in [1.54, 1.807) is 4.68 Å². The van der Waals surface area contributed by atoms with Gasteiger partial charge in [0.25, 0.3) is 0 Å². The van der Waals surface area contributed by atoms with Crippen molar-refractivity contribution in [3.63, 3.8) is 0 Å². The Kier molecular flexibility index (Phi) is 7.11. The molecule has 0 atom stereocenters. The molecule has 1 rings (SSSR count). The number of hydrogen-bond acceptors (Lipinski definition) is 6. The first-order valence-electron chi connectivity index (χ1n) is 5.55. The molecule has 0 aliphatic carbocycles. The zero-order valence-electron chi connectivity index (χ0n) is 9.85. The fraction of sp³-hybridized carbons (Fsp3) is 0.889. The number of aromatic nitrogens is 4. The van der Waals surface area contributed by atoms with E-state index in [1.165, 1.54) is 11.8 Å². The van der Waals surface area contributed by atoms with Gasteiger partial charge in [-0.1, -0.05) is 18.7 Å². The minimum atomic E-state index is 0.596. The summed E-state index contributed by atoms with van der Waals surface area (Å²) >= 11 is 1.52. The van der Waals surface area contributed by atoms with E-state index in [-0.39, 0.29) is 0 Å². The third kappa shape index (κ3) is 4.91. The molecule has 0 spiro atoms. The maximum Gasteiger partial charge on any atom is 0.211 e. The van der Waals surface area contributed by atoms with Gasteiger partial charge in [-0.15, -0.1) is 5.10 Å². The van der Waals surface area contributed by atoms with Crippen molar-refractivity contribution in [3.05, 3.63) is 0 Å². The summed E-state index contributed by atoms with van der Waals surface area (Å²) < 4.78 is 7.04. The van der Waals surface area contributed by atoms with Crippen molar-refractivity contribution in [2.75, 3.05) is 25.6 Å². The van der Waals surface area contributed by atoms with E-state index in [1.807, 2.05) is 6.92 Å². The first-order chi connectivity index (χ1) is 7.88. The average Bonchev–Trinajstić information content (AvgIpc) is 2.73. The summed E-state index contributed by atoms with van der Waals surface area (Å²) in [5, 5.41) is 15.7. The quantitative estimate of drug-likeness (QED) is 0.393. The molecule has 1 aromatic heterocycles. The maximum atomic E-state index is 5.24. The van der Waals surface area contributed by atoms with E-state index in [9.17, 15) is 0 Å². The molecule has 1 aromatic rings. The van der Waals surface area contributed by atoms with Crippen molar-refractivity contribution in [3.8, 4) is 0 Å². The Morgan fingerprint density at radius 3 is 3.00 bits per heavy atom. The van der Waals surface area contributed by atoms with E-state index in [0.29, 0.717) is 12.5 Å². The lowest BCUT2D eigenvalue weighted by Gasteiger charge is -2.05. The molecule has 92 valence electrons. The van der Waals surface area contributed by atoms with Crippen LogP contribution in [0.1, 0.15) is 20.3 Å². The minimum absolute atomic E-state index is 0.596. The fourth-order valence-electron chi connectivity index (χ4n) is 1.10. The van der Waals surface area contributed by atoms with Gasteiger partial charge in [0.2, 0.25) is 5.16 Å². The first kappa shape index (κ1) is 13.4. The van der Waals surface area contributed by atoms with Gasteiger partial charge in [-0.05, 0) is 30.3 Å². The van der Waals surface area contributed by atoms with E-state index in [0.717, 1.165) is 31.2 Å². The number of hydrogen-bond donors (Lipinski definition) is 1. The van der Waals surface area contributed by atoms with Gasteiger partial charge in [0, 0.05) is 13.2 Å². The van der Waals surface area contributed by atoms with E-state index < -0.39 is 0 Å². The van der Waals surface area contributed by atoms with Crippen LogP contribution in [0.15, 0.2) is 5.16 Å². The molecular weight excluding hydrogens is 226 g/mol. The van der Waals surface area contributed by atoms with Crippen LogP contribution in [0.25, 0.3) is 0 Å². The third-order valence-corrected chi connectivity index (χ3v) is 2.74. The van der Waals surface area contributed by atoms with Gasteiger partial charge in [-0.2, -0.15) is 0 Å². The van der Waals surface area contributed by atoms with Gasteiger partial charge in [0.1, 0.15) is 0 Å². The Morgan fingerprint density at radius 2 is 2.25 bits per heavy atom. The minimum Gasteiger partial charge on any atom is -0.371 e. The lowest BCUT2D eigenvalue weighted by molar-refractivity contribution is 0.199. The normalized spacial score (nSPS) is 10.9. The van der Waals surface area contributed by atoms with Crippen LogP contribution >= 0.6 is 11.8 Å². The Morgan fingerprint density at radius 1 is 1.38 bits per heavy atom. The van der Waals surface area contributed by atoms with Crippen molar-refractivity contribution in [1.82, 2.24) is 25.5 Å². The number of nitrogens with one attached hydrogen (secondary N) is 1. The van der Waals surface area contributed by atoms with Crippen molar-refractivity contribution < 1.29 is 4.74 Å². The molecule has 1 N–H and O–H groups in total. The second kappa shape index (κ2) is 8.49. The lowest BCUT2D eigenvalue weighted by Crippen LogP contribution is -2.21. The van der Waals surface area contributed by atoms with Crippen LogP contribution in [-0.4, -0.2) is 45.8 Å². The molecule has 0 radical (unpaired) electrons. The molecule has 0 bridgehead atoms. The van der Waals surface area contributed by atoms with Crippen LogP contribution in [-0.2, 0) is 11.3 Å². The molecular formula is C9H19N5OS. The van der Waals surface area contributed by atoms with Gasteiger partial charge in [-0.3, -0.25) is 0 Å². The fourth-order valence-corrected chi connectivity index (χ4v) is 1.83. The van der Waals surface area contributed by atoms with Gasteiger partial charge < -0.3 is 10.1 Å². The van der Waals surface area contributed by atoms with Crippen molar-refractivity contribution in [1.29, 1.82) is 0 Å². The second-order valence-corrected chi connectivity index (χ2v) is 4.08. The van der Waals surface area contributed by atoms with E-state index >= 15 is 0 Å². The number of ether oxygens (including phenoxy) is 1. The lowest BCUT2D eigenvalue weighted by atomic mass is 10.5. The SMILES string of the molecule is CCCNCCn1nnnc1SCOCC. The Bertz CT molecular complexity index is 281. The van der Waals surface area contributed by atoms with Crippen LogP contribution in [0.2, 0.25) is 0 Å². The summed E-state index contributed by atoms with van der Waals surface area (Å²) in [5.41, 5.74) is 0. The molecule has 0 aliphatic rings. The highest BCUT2D eigenvalue weighted by Gasteiger charge is 2.05. The van der Waals surface area contributed by atoms with Crippen LogP contribution < -0.4 is 5.32 Å². The van der Waals surface area contributed by atoms with Crippen LogP contribution in [0.4, 0.5) is 0 Å². The Labute approximate surface area is 100 Å². The summed E-state index contributed by atoms with van der Waals surface area (Å²) in [6.07, 6.45) is 1.14. The van der Waals surface area contributed by atoms with Crippen LogP contribution in [0.3, 0.4) is 0 Å². The first-order valence-corrected chi connectivity index (χ1v) is 6.54. The van der Waals surface area contributed by atoms with Crippen molar-refractivity contribution in [2.24, 2.45) is 0 Å². The molecule has 0 fully saturated rings. The largest absolute Gasteiger partial charge is 0.371 e. The van der Waals surface area contributed by atoms with Gasteiger partial charge in [-0.25, -0.2) is 4.68 Å². The van der Waals surface area contributed by atoms with E-state index in [4.69, 9.17) is 4.74 Å². The van der Waals surface area contributed by atoms with Gasteiger partial charge in [0.05, 0.1) is 12.5 Å². The van der Waals surface area contributed by atoms with Crippen LogP contribution in [0, 0.1) is 0 Å². The predicted molar refractivity (Wildman–Crippen MR) is 63.3 cm³/mol. The Balaban J connectivity index is 2.26. The summed E-state index contributed by atoms with van der Waals surface area (Å²) in [6.45, 7) is 7.55. The molecule has 1 heterocycles. The number of nitrogens with zero attached hydrogens (tertiary/aromatic N) is 4. The molecule has 0 aromatic carbocycles. The maximum absolute atomic E-state index is 5.24. The molecule has 0 amide bonds. The van der Waals surface area contributed by atoms with Crippen molar-refractivity contribution >= 4 is 11.8 Å². The highest BCUT2D eigenvalue weighted by atomic mass is 32.2. The highest BCUT2D eigenvalue weighted by molar-refractivity contribution is 7.99. The third-order valence-electron chi connectivity index (χ3n) is 1.90. The van der Waals surface area contributed by atoms with Crippen LogP contribution in [0.5, 0.6) is 0 Å². The zero-order valence-corrected chi connectivity index (χ0v) is 10.7. The number of thioether (sulfide) groups is 1. The summed E-state index contributed by atoms with van der Waals surface area (Å²) in [5.74, 6) is 0.596. The highest BCUT2D eigenvalue weighted by Crippen LogP contribution is 2.12. The topological polar surface area (TPSA) is 64.9 Å². The molecule has 0 aliphatic heterocycles. The van der Waals surface area contributed by atoms with E-state index in [2.05, 4.69) is 27.8 Å². The van der Waals surface area contributed by atoms with Gasteiger partial charge >= 0.3 is 0 Å². The standard InChI is InChI=1S/C9H19N5OS/c1-3-5-10-6-7-14-9(11-12-13-14)16-8-15-4-2/h10H,3-8H2,1-2H3. The molecule has 0 saturated heterocycles. The Hall–Kier alpha value is -0.660. The second-order valence-electron chi connectivity index (χ2n) is 3.19. The van der Waals surface area contributed by atoms with Gasteiger partial charge in [0.15, 0.2) is 0 Å². The summed E-state index contributed by atoms with van der Waals surface area (Å²) in [6, 6.07) is 0. The molecule has 0 saturated carbocycles. The summed E-state index contributed by atoms with van der Waals surface area (Å²) in [7, 11) is 0. The summed E-state index contributed by atoms with van der Waals surface area (Å²) in [4.78, 5) is 0. The monoisotopic (exact) mass is 245 g/mol. The molecule has 16 heavy (non-hydrogen) atoms. The zero-order chi connectivity index (χ0) is 11.6. The van der Waals surface area contributed by atoms with Crippen molar-refractivity contribution in [2.45, 2.75) is 32.0 Å². The average molecular weight is 245 g/mol. The molecule has 6 nitrogen and oxygen atoms in total. The number of rotatable bonds is 9. The predicted octanol–water partition coefficient (Wildman–Crippen LogP) is 0.759. The molecule has 7 heteroatoms. The molecule has 0 unspecified atom stereocenters. The number of tetrazole rings is 1.